The largest absolute Gasteiger partial charge is 0.479 e. The van der Waals surface area contributed by atoms with Crippen LogP contribution in [0.1, 0.15) is 0 Å². The highest BCUT2D eigenvalue weighted by molar-refractivity contribution is 5.67. The van der Waals surface area contributed by atoms with E-state index in [1.54, 1.807) is 0 Å². The van der Waals surface area contributed by atoms with Gasteiger partial charge < -0.3 is 10.4 Å². The molecule has 0 aromatic carbocycles. The quantitative estimate of drug-likeness (QED) is 0.511. The van der Waals surface area contributed by atoms with E-state index in [1.807, 2.05) is 14.1 Å². The van der Waals surface area contributed by atoms with Crippen molar-refractivity contribution in [3.8, 4) is 0 Å². The first kappa shape index (κ1) is 10.4. The number of alkyl halides is 1. The van der Waals surface area contributed by atoms with Gasteiger partial charge in [-0.1, -0.05) is 0 Å². The Morgan fingerprint density at radius 1 is 1.75 bits per heavy atom. The summed E-state index contributed by atoms with van der Waals surface area (Å²) >= 11 is 0. The Bertz CT molecular complexity index is 58.0. The van der Waals surface area contributed by atoms with Crippen LogP contribution in [0.4, 0.5) is 4.39 Å². The van der Waals surface area contributed by atoms with Crippen LogP contribution in [0, 0.1) is 0 Å². The third kappa shape index (κ3) is 55.1. The number of rotatable bonds is 1. The standard InChI is InChI=1S/C2H3FO2.C2H7N/c3-1-2(4)5;1-3-2/h1H2,(H,4,5);3H,1-2H3. The molecule has 0 aliphatic heterocycles. The van der Waals surface area contributed by atoms with Crippen molar-refractivity contribution in [3.05, 3.63) is 0 Å². The number of hydrogen-bond donors (Lipinski definition) is 2. The molecule has 0 fully saturated rings. The highest BCUT2D eigenvalue weighted by Crippen LogP contribution is 1.60. The van der Waals surface area contributed by atoms with Gasteiger partial charge in [0, 0.05) is 0 Å². The summed E-state index contributed by atoms with van der Waals surface area (Å²) in [5.41, 5.74) is 0. The van der Waals surface area contributed by atoms with Crippen molar-refractivity contribution in [1.82, 2.24) is 5.32 Å². The molecule has 0 radical (unpaired) electrons. The molecule has 3 nitrogen and oxygen atoms in total. The highest BCUT2D eigenvalue weighted by atomic mass is 19.1. The fourth-order valence-electron chi connectivity index (χ4n) is 0. The van der Waals surface area contributed by atoms with Gasteiger partial charge in [-0.15, -0.1) is 0 Å². The molecule has 0 rings (SSSR count). The Kier molecular flexibility index (Phi) is 12.5. The first-order valence-electron chi connectivity index (χ1n) is 2.05. The molecule has 0 aromatic rings. The summed E-state index contributed by atoms with van der Waals surface area (Å²) in [7, 11) is 3.75. The van der Waals surface area contributed by atoms with E-state index in [2.05, 4.69) is 5.32 Å². The maximum absolute atomic E-state index is 10.5. The zero-order valence-electron chi connectivity index (χ0n) is 4.94. The molecule has 0 atom stereocenters. The van der Waals surface area contributed by atoms with E-state index >= 15 is 0 Å². The van der Waals surface area contributed by atoms with Crippen LogP contribution in [0.2, 0.25) is 0 Å². The maximum atomic E-state index is 10.5. The Labute approximate surface area is 47.5 Å². The van der Waals surface area contributed by atoms with Gasteiger partial charge in [-0.3, -0.25) is 0 Å². The number of halogens is 1. The summed E-state index contributed by atoms with van der Waals surface area (Å²) in [6.07, 6.45) is 0. The van der Waals surface area contributed by atoms with E-state index in [1.165, 1.54) is 0 Å². The van der Waals surface area contributed by atoms with Gasteiger partial charge in [0.25, 0.3) is 0 Å². The van der Waals surface area contributed by atoms with Crippen LogP contribution < -0.4 is 5.32 Å². The van der Waals surface area contributed by atoms with E-state index in [0.29, 0.717) is 0 Å². The monoisotopic (exact) mass is 123 g/mol. The van der Waals surface area contributed by atoms with Crippen LogP contribution in [-0.4, -0.2) is 31.8 Å². The summed E-state index contributed by atoms with van der Waals surface area (Å²) in [6, 6.07) is 0. The van der Waals surface area contributed by atoms with Crippen molar-refractivity contribution in [3.63, 3.8) is 0 Å². The minimum atomic E-state index is -1.41. The molecule has 0 aromatic heterocycles. The Morgan fingerprint density at radius 2 is 1.88 bits per heavy atom. The molecule has 0 saturated heterocycles. The molecule has 50 valence electrons. The Balaban J connectivity index is 0. The van der Waals surface area contributed by atoms with Gasteiger partial charge >= 0.3 is 5.97 Å². The molecular weight excluding hydrogens is 113 g/mol. The number of nitrogens with one attached hydrogen (secondary N) is 1. The molecule has 0 heterocycles. The number of carboxylic acids is 1. The van der Waals surface area contributed by atoms with Gasteiger partial charge in [0.15, 0.2) is 6.67 Å². The van der Waals surface area contributed by atoms with Crippen molar-refractivity contribution in [2.24, 2.45) is 0 Å². The average molecular weight is 123 g/mol. The summed E-state index contributed by atoms with van der Waals surface area (Å²) in [5, 5.41) is 10.1. The number of carbonyl (C=O) groups is 1. The zero-order valence-corrected chi connectivity index (χ0v) is 4.94. The first-order chi connectivity index (χ1) is 3.68. The third-order valence-corrected chi connectivity index (χ3v) is 0.114. The van der Waals surface area contributed by atoms with Gasteiger partial charge in [-0.25, -0.2) is 9.18 Å². The van der Waals surface area contributed by atoms with Crippen LogP contribution in [-0.2, 0) is 4.79 Å². The molecular formula is C4H10FNO2. The zero-order chi connectivity index (χ0) is 6.99. The molecule has 0 unspecified atom stereocenters. The van der Waals surface area contributed by atoms with Crippen LogP contribution in [0.25, 0.3) is 0 Å². The second-order valence-electron chi connectivity index (χ2n) is 1.03. The van der Waals surface area contributed by atoms with Gasteiger partial charge in [0.05, 0.1) is 0 Å². The van der Waals surface area contributed by atoms with Crippen LogP contribution >= 0.6 is 0 Å². The third-order valence-electron chi connectivity index (χ3n) is 0.114. The van der Waals surface area contributed by atoms with Gasteiger partial charge in [0.2, 0.25) is 0 Å². The number of aliphatic carboxylic acids is 1. The van der Waals surface area contributed by atoms with E-state index in [4.69, 9.17) is 9.90 Å². The topological polar surface area (TPSA) is 49.3 Å². The lowest BCUT2D eigenvalue weighted by Gasteiger charge is -1.69. The summed E-state index contributed by atoms with van der Waals surface area (Å²) in [5.74, 6) is -1.41. The van der Waals surface area contributed by atoms with Crippen LogP contribution in [0.5, 0.6) is 0 Å². The number of hydrogen-bond acceptors (Lipinski definition) is 2. The predicted octanol–water partition coefficient (Wildman–Crippen LogP) is -0.124. The lowest BCUT2D eigenvalue weighted by Crippen LogP contribution is -1.93. The Morgan fingerprint density at radius 3 is 1.88 bits per heavy atom. The van der Waals surface area contributed by atoms with Crippen molar-refractivity contribution >= 4 is 5.97 Å². The highest BCUT2D eigenvalue weighted by Gasteiger charge is 1.85. The summed E-state index contributed by atoms with van der Waals surface area (Å²) in [4.78, 5) is 8.99. The fourth-order valence-corrected chi connectivity index (χ4v) is 0. The molecule has 0 aliphatic rings. The first-order valence-corrected chi connectivity index (χ1v) is 2.05. The lowest BCUT2D eigenvalue weighted by atomic mass is 10.8. The van der Waals surface area contributed by atoms with Crippen LogP contribution in [0.15, 0.2) is 0 Å². The van der Waals surface area contributed by atoms with E-state index in [-0.39, 0.29) is 0 Å². The second-order valence-corrected chi connectivity index (χ2v) is 1.03. The van der Waals surface area contributed by atoms with Crippen molar-refractivity contribution in [2.75, 3.05) is 20.8 Å². The minimum absolute atomic E-state index is 1.28. The van der Waals surface area contributed by atoms with Crippen molar-refractivity contribution in [1.29, 1.82) is 0 Å². The van der Waals surface area contributed by atoms with Gasteiger partial charge in [-0.05, 0) is 14.1 Å². The average Bonchev–Trinajstić information content (AvgIpc) is 1.69. The van der Waals surface area contributed by atoms with Crippen molar-refractivity contribution < 1.29 is 14.3 Å². The SMILES string of the molecule is CNC.O=C(O)CF. The molecule has 8 heavy (non-hydrogen) atoms. The molecule has 0 amide bonds. The normalized spacial score (nSPS) is 6.88. The van der Waals surface area contributed by atoms with E-state index in [0.717, 1.165) is 0 Å². The molecule has 2 N–H and O–H groups in total. The van der Waals surface area contributed by atoms with Crippen LogP contribution in [0.3, 0.4) is 0 Å². The molecule has 0 spiro atoms. The molecule has 0 aliphatic carbocycles. The fraction of sp³-hybridized carbons (Fsp3) is 0.750. The van der Waals surface area contributed by atoms with Gasteiger partial charge in [-0.2, -0.15) is 0 Å². The second kappa shape index (κ2) is 9.61. The lowest BCUT2D eigenvalue weighted by molar-refractivity contribution is -0.137. The minimum Gasteiger partial charge on any atom is -0.479 e. The Hall–Kier alpha value is -0.640. The molecule has 0 saturated carbocycles. The molecule has 0 bridgehead atoms. The number of carboxylic acid groups (broad SMARTS) is 1. The molecule has 4 heteroatoms. The van der Waals surface area contributed by atoms with Crippen molar-refractivity contribution in [2.45, 2.75) is 0 Å². The summed E-state index contributed by atoms with van der Waals surface area (Å²) < 4.78 is 10.5. The van der Waals surface area contributed by atoms with E-state index in [9.17, 15) is 4.39 Å². The smallest absolute Gasteiger partial charge is 0.335 e. The summed E-state index contributed by atoms with van der Waals surface area (Å²) in [6.45, 7) is -1.28. The van der Waals surface area contributed by atoms with E-state index < -0.39 is 12.6 Å². The predicted molar refractivity (Wildman–Crippen MR) is 28.6 cm³/mol. The maximum Gasteiger partial charge on any atom is 0.335 e. The van der Waals surface area contributed by atoms with Gasteiger partial charge in [0.1, 0.15) is 0 Å².